The molecule has 0 aromatic rings. The molecule has 16 heavy (non-hydrogen) atoms. The van der Waals surface area contributed by atoms with Gasteiger partial charge in [0.25, 0.3) is 0 Å². The van der Waals surface area contributed by atoms with E-state index in [1.54, 1.807) is 7.11 Å². The smallest absolute Gasteiger partial charge is 0.137 e. The van der Waals surface area contributed by atoms with E-state index in [1.807, 2.05) is 0 Å². The van der Waals surface area contributed by atoms with Crippen LogP contribution in [-0.4, -0.2) is 38.8 Å². The van der Waals surface area contributed by atoms with E-state index in [2.05, 4.69) is 10.4 Å². The van der Waals surface area contributed by atoms with Gasteiger partial charge in [-0.15, -0.1) is 0 Å². The lowest BCUT2D eigenvalue weighted by Crippen LogP contribution is -2.35. The summed E-state index contributed by atoms with van der Waals surface area (Å²) in [5.41, 5.74) is 2.61. The molecule has 3 N–H and O–H groups in total. The van der Waals surface area contributed by atoms with Gasteiger partial charge in [0.1, 0.15) is 12.4 Å². The summed E-state index contributed by atoms with van der Waals surface area (Å²) in [6.07, 6.45) is 6.22. The number of aliphatic imine (C=N–C) groups is 1. The summed E-state index contributed by atoms with van der Waals surface area (Å²) in [6.45, 7) is 1.61. The van der Waals surface area contributed by atoms with E-state index in [-0.39, 0.29) is 0 Å². The fourth-order valence-corrected chi connectivity index (χ4v) is 1.86. The molecule has 0 radical (unpaired) electrons. The fraction of sp³-hybridized carbons (Fsp3) is 0.909. The second-order valence-corrected chi connectivity index (χ2v) is 4.06. The van der Waals surface area contributed by atoms with E-state index in [0.717, 1.165) is 5.84 Å². The highest BCUT2D eigenvalue weighted by atomic mass is 16.5. The van der Waals surface area contributed by atoms with Crippen molar-refractivity contribution in [3.63, 3.8) is 0 Å². The first-order chi connectivity index (χ1) is 7.86. The lowest BCUT2D eigenvalue weighted by atomic mass is 9.96. The van der Waals surface area contributed by atoms with Crippen molar-refractivity contribution in [2.24, 2.45) is 10.8 Å². The Morgan fingerprint density at radius 2 is 2.06 bits per heavy atom. The molecule has 0 aromatic heterocycles. The molecule has 0 spiro atoms. The molecule has 0 heterocycles. The first kappa shape index (κ1) is 13.4. The summed E-state index contributed by atoms with van der Waals surface area (Å²) in [4.78, 5) is 4.57. The molecule has 1 saturated carbocycles. The van der Waals surface area contributed by atoms with Crippen molar-refractivity contribution >= 4 is 5.84 Å². The van der Waals surface area contributed by atoms with Crippen LogP contribution in [0.3, 0.4) is 0 Å². The summed E-state index contributed by atoms with van der Waals surface area (Å²) in [5.74, 6) is 6.15. The minimum absolute atomic E-state index is 0.422. The summed E-state index contributed by atoms with van der Waals surface area (Å²) in [7, 11) is 1.65. The molecule has 0 saturated heterocycles. The Morgan fingerprint density at radius 1 is 1.31 bits per heavy atom. The van der Waals surface area contributed by atoms with Crippen LogP contribution < -0.4 is 11.3 Å². The highest BCUT2D eigenvalue weighted by Crippen LogP contribution is 2.20. The monoisotopic (exact) mass is 229 g/mol. The van der Waals surface area contributed by atoms with E-state index in [1.165, 1.54) is 32.1 Å². The number of rotatable bonds is 6. The topological polar surface area (TPSA) is 68.9 Å². The van der Waals surface area contributed by atoms with Gasteiger partial charge in [-0.05, 0) is 12.8 Å². The molecule has 1 aliphatic rings. The maximum absolute atomic E-state index is 5.41. The Kier molecular flexibility index (Phi) is 7.12. The number of hydrogen-bond donors (Lipinski definition) is 2. The number of nitrogens with zero attached hydrogens (tertiary/aromatic N) is 1. The van der Waals surface area contributed by atoms with Crippen molar-refractivity contribution in [3.8, 4) is 0 Å². The van der Waals surface area contributed by atoms with Crippen LogP contribution in [0.5, 0.6) is 0 Å². The number of hydrogen-bond acceptors (Lipinski definition) is 4. The molecule has 0 aromatic carbocycles. The Bertz CT molecular complexity index is 203. The Balaban J connectivity index is 2.24. The van der Waals surface area contributed by atoms with E-state index in [4.69, 9.17) is 15.3 Å². The zero-order chi connectivity index (χ0) is 11.6. The third-order valence-electron chi connectivity index (χ3n) is 2.75. The molecule has 0 amide bonds. The van der Waals surface area contributed by atoms with Crippen molar-refractivity contribution < 1.29 is 9.47 Å². The van der Waals surface area contributed by atoms with Crippen LogP contribution in [0.25, 0.3) is 0 Å². The quantitative estimate of drug-likeness (QED) is 0.233. The molecule has 0 unspecified atom stereocenters. The van der Waals surface area contributed by atoms with Crippen LogP contribution in [0.15, 0.2) is 4.99 Å². The lowest BCUT2D eigenvalue weighted by Gasteiger charge is -2.19. The summed E-state index contributed by atoms with van der Waals surface area (Å²) < 4.78 is 10.3. The predicted molar refractivity (Wildman–Crippen MR) is 64.3 cm³/mol. The Hall–Kier alpha value is -0.650. The minimum Gasteiger partial charge on any atom is -0.382 e. The second kappa shape index (κ2) is 8.50. The largest absolute Gasteiger partial charge is 0.382 e. The molecule has 0 aliphatic heterocycles. The van der Waals surface area contributed by atoms with E-state index >= 15 is 0 Å². The maximum atomic E-state index is 5.41. The highest BCUT2D eigenvalue weighted by molar-refractivity contribution is 5.82. The average Bonchev–Trinajstić information content (AvgIpc) is 2.34. The molecular weight excluding hydrogens is 206 g/mol. The van der Waals surface area contributed by atoms with Crippen molar-refractivity contribution in [2.45, 2.75) is 38.1 Å². The first-order valence-corrected chi connectivity index (χ1v) is 5.96. The first-order valence-electron chi connectivity index (χ1n) is 5.96. The van der Waals surface area contributed by atoms with Crippen molar-refractivity contribution in [1.82, 2.24) is 5.43 Å². The lowest BCUT2D eigenvalue weighted by molar-refractivity contribution is 0.0890. The summed E-state index contributed by atoms with van der Waals surface area (Å²) in [6, 6.07) is 0.422. The van der Waals surface area contributed by atoms with Gasteiger partial charge in [0, 0.05) is 7.11 Å². The second-order valence-electron chi connectivity index (χ2n) is 4.06. The third kappa shape index (κ3) is 5.44. The van der Waals surface area contributed by atoms with Crippen LogP contribution >= 0.6 is 0 Å². The predicted octanol–water partition coefficient (Wildman–Crippen LogP) is 0.844. The Labute approximate surface area is 97.4 Å². The van der Waals surface area contributed by atoms with Crippen molar-refractivity contribution in [2.75, 3.05) is 26.9 Å². The van der Waals surface area contributed by atoms with Crippen LogP contribution in [0.4, 0.5) is 0 Å². The molecule has 1 rings (SSSR count). The van der Waals surface area contributed by atoms with E-state index in [0.29, 0.717) is 25.9 Å². The third-order valence-corrected chi connectivity index (χ3v) is 2.75. The molecule has 0 bridgehead atoms. The molecule has 5 nitrogen and oxygen atoms in total. The van der Waals surface area contributed by atoms with Crippen LogP contribution in [0.1, 0.15) is 32.1 Å². The molecule has 1 fully saturated rings. The van der Waals surface area contributed by atoms with Gasteiger partial charge in [0.15, 0.2) is 0 Å². The average molecular weight is 229 g/mol. The number of ether oxygens (including phenoxy) is 2. The van der Waals surface area contributed by atoms with Gasteiger partial charge in [-0.25, -0.2) is 5.84 Å². The molecule has 0 atom stereocenters. The minimum atomic E-state index is 0.422. The normalized spacial score (nSPS) is 18.8. The van der Waals surface area contributed by atoms with Crippen LogP contribution in [-0.2, 0) is 9.47 Å². The summed E-state index contributed by atoms with van der Waals surface area (Å²) in [5, 5.41) is 0. The van der Waals surface area contributed by atoms with Crippen LogP contribution in [0.2, 0.25) is 0 Å². The number of nitrogens with one attached hydrogen (secondary N) is 1. The van der Waals surface area contributed by atoms with Crippen molar-refractivity contribution in [1.29, 1.82) is 0 Å². The standard InChI is InChI=1S/C11H23N3O2/c1-15-7-8-16-9-11(14-12)13-10-5-3-2-4-6-10/h10H,2-9,12H2,1H3,(H,13,14). The van der Waals surface area contributed by atoms with Gasteiger partial charge in [0.2, 0.25) is 0 Å². The van der Waals surface area contributed by atoms with E-state index < -0.39 is 0 Å². The van der Waals surface area contributed by atoms with E-state index in [9.17, 15) is 0 Å². The number of hydrazine groups is 1. The molecule has 5 heteroatoms. The van der Waals surface area contributed by atoms with Gasteiger partial charge < -0.3 is 14.9 Å². The number of methoxy groups -OCH3 is 1. The van der Waals surface area contributed by atoms with Crippen molar-refractivity contribution in [3.05, 3.63) is 0 Å². The Morgan fingerprint density at radius 3 is 2.69 bits per heavy atom. The molecular formula is C11H23N3O2. The van der Waals surface area contributed by atoms with Gasteiger partial charge in [0.05, 0.1) is 19.3 Å². The van der Waals surface area contributed by atoms with Gasteiger partial charge in [-0.3, -0.25) is 4.99 Å². The fourth-order valence-electron chi connectivity index (χ4n) is 1.86. The number of amidine groups is 1. The zero-order valence-corrected chi connectivity index (χ0v) is 10.1. The van der Waals surface area contributed by atoms with Gasteiger partial charge >= 0.3 is 0 Å². The SMILES string of the molecule is COCCOCC(=NC1CCCCC1)NN. The number of nitrogens with two attached hydrogens (primary N) is 1. The summed E-state index contributed by atoms with van der Waals surface area (Å²) >= 11 is 0. The van der Waals surface area contributed by atoms with Gasteiger partial charge in [-0.2, -0.15) is 0 Å². The highest BCUT2D eigenvalue weighted by Gasteiger charge is 2.12. The van der Waals surface area contributed by atoms with Crippen LogP contribution in [0, 0.1) is 0 Å². The van der Waals surface area contributed by atoms with Gasteiger partial charge in [-0.1, -0.05) is 19.3 Å². The maximum Gasteiger partial charge on any atom is 0.137 e. The zero-order valence-electron chi connectivity index (χ0n) is 10.1. The molecule has 1 aliphatic carbocycles. The molecule has 94 valence electrons.